The number of phenolic OH excluding ortho intramolecular Hbond substituents is 1. The molecule has 1 aliphatic carbocycles. The molecular weight excluding hydrogens is 397 g/mol. The van der Waals surface area contributed by atoms with Crippen LogP contribution in [0.5, 0.6) is 5.75 Å². The zero-order chi connectivity index (χ0) is 19.4. The molecule has 0 unspecified atom stereocenters. The zero-order valence-corrected chi connectivity index (χ0v) is 16.1. The molecule has 0 amide bonds. The van der Waals surface area contributed by atoms with Crippen molar-refractivity contribution in [1.82, 2.24) is 19.7 Å². The molecule has 0 bridgehead atoms. The van der Waals surface area contributed by atoms with Gasteiger partial charge in [0.05, 0.1) is 21.5 Å². The van der Waals surface area contributed by atoms with Crippen LogP contribution in [0.2, 0.25) is 10.0 Å². The van der Waals surface area contributed by atoms with Crippen molar-refractivity contribution in [2.45, 2.75) is 18.9 Å². The fourth-order valence-corrected chi connectivity index (χ4v) is 4.34. The molecule has 1 aliphatic rings. The third kappa shape index (κ3) is 2.60. The van der Waals surface area contributed by atoms with Gasteiger partial charge in [0.25, 0.3) is 0 Å². The summed E-state index contributed by atoms with van der Waals surface area (Å²) in [6, 6.07) is 11.5. The molecule has 0 saturated heterocycles. The maximum Gasteiger partial charge on any atom is 0.164 e. The van der Waals surface area contributed by atoms with Crippen LogP contribution in [0, 0.1) is 0 Å². The Kier molecular flexibility index (Phi) is 3.92. The summed E-state index contributed by atoms with van der Waals surface area (Å²) < 4.78 is 1.89. The molecule has 2 aromatic carbocycles. The van der Waals surface area contributed by atoms with Crippen LogP contribution in [0.15, 0.2) is 42.7 Å². The first-order chi connectivity index (χ1) is 13.5. The van der Waals surface area contributed by atoms with E-state index < -0.39 is 0 Å². The minimum absolute atomic E-state index is 0.0764. The van der Waals surface area contributed by atoms with Gasteiger partial charge in [0.1, 0.15) is 23.6 Å². The monoisotopic (exact) mass is 411 g/mol. The van der Waals surface area contributed by atoms with Crippen LogP contribution in [-0.4, -0.2) is 24.9 Å². The van der Waals surface area contributed by atoms with Crippen molar-refractivity contribution in [2.75, 3.05) is 5.73 Å². The van der Waals surface area contributed by atoms with E-state index in [0.717, 1.165) is 12.8 Å². The number of aromatic hydroxyl groups is 1. The van der Waals surface area contributed by atoms with Gasteiger partial charge >= 0.3 is 0 Å². The quantitative estimate of drug-likeness (QED) is 0.509. The molecule has 0 aliphatic heterocycles. The fourth-order valence-electron chi connectivity index (χ4n) is 3.87. The minimum atomic E-state index is -0.0764. The number of nitrogens with two attached hydrogens (primary N) is 1. The third-order valence-electron chi connectivity index (χ3n) is 5.19. The molecule has 2 heterocycles. The average Bonchev–Trinajstić information content (AvgIpc) is 3.27. The van der Waals surface area contributed by atoms with Crippen molar-refractivity contribution >= 4 is 40.1 Å². The Morgan fingerprint density at radius 1 is 1.04 bits per heavy atom. The summed E-state index contributed by atoms with van der Waals surface area (Å²) in [4.78, 5) is 8.57. The van der Waals surface area contributed by atoms with Crippen LogP contribution in [0.25, 0.3) is 22.3 Å². The predicted molar refractivity (Wildman–Crippen MR) is 110 cm³/mol. The standard InChI is InChI=1S/C20H15Cl2N5O/c21-14-8-15(22)16(28)7-13(14)18-17-19(23)24-9-25-20(17)27(26-18)12-5-10-3-1-2-4-11(10)6-12/h1-4,7-9,12,28H,5-6H2,(H2,23,24,25). The van der Waals surface area contributed by atoms with E-state index in [9.17, 15) is 5.11 Å². The van der Waals surface area contributed by atoms with Crippen molar-refractivity contribution < 1.29 is 5.11 Å². The highest BCUT2D eigenvalue weighted by Gasteiger charge is 2.28. The Balaban J connectivity index is 1.72. The smallest absolute Gasteiger partial charge is 0.164 e. The van der Waals surface area contributed by atoms with Crippen molar-refractivity contribution in [1.29, 1.82) is 0 Å². The van der Waals surface area contributed by atoms with E-state index in [4.69, 9.17) is 34.0 Å². The Morgan fingerprint density at radius 2 is 1.75 bits per heavy atom. The normalized spacial score (nSPS) is 13.9. The van der Waals surface area contributed by atoms with Crippen LogP contribution in [0.4, 0.5) is 5.82 Å². The Labute approximate surface area is 170 Å². The molecule has 2 aromatic heterocycles. The minimum Gasteiger partial charge on any atom is -0.506 e. The summed E-state index contributed by atoms with van der Waals surface area (Å²) in [6.07, 6.45) is 3.15. The van der Waals surface area contributed by atoms with Crippen LogP contribution in [0.1, 0.15) is 17.2 Å². The summed E-state index contributed by atoms with van der Waals surface area (Å²) >= 11 is 12.4. The van der Waals surface area contributed by atoms with Crippen molar-refractivity contribution in [3.63, 3.8) is 0 Å². The number of benzene rings is 2. The predicted octanol–water partition coefficient (Wildman–Crippen LogP) is 4.43. The SMILES string of the molecule is Nc1ncnc2c1c(-c1cc(O)c(Cl)cc1Cl)nn2C1Cc2ccccc2C1. The second-order valence-corrected chi connectivity index (χ2v) is 7.68. The first-order valence-electron chi connectivity index (χ1n) is 8.76. The zero-order valence-electron chi connectivity index (χ0n) is 14.6. The highest BCUT2D eigenvalue weighted by Crippen LogP contribution is 2.41. The third-order valence-corrected chi connectivity index (χ3v) is 5.80. The maximum atomic E-state index is 10.1. The summed E-state index contributed by atoms with van der Waals surface area (Å²) in [7, 11) is 0. The lowest BCUT2D eigenvalue weighted by molar-refractivity contribution is 0.475. The van der Waals surface area contributed by atoms with Crippen molar-refractivity contribution in [3.05, 3.63) is 63.9 Å². The summed E-state index contributed by atoms with van der Waals surface area (Å²) in [5.41, 5.74) is 10.5. The van der Waals surface area contributed by atoms with E-state index in [1.807, 2.05) is 16.8 Å². The van der Waals surface area contributed by atoms with Gasteiger partial charge in [-0.25, -0.2) is 14.6 Å². The topological polar surface area (TPSA) is 89.8 Å². The van der Waals surface area contributed by atoms with Crippen LogP contribution in [-0.2, 0) is 12.8 Å². The van der Waals surface area contributed by atoms with Crippen LogP contribution in [0.3, 0.4) is 0 Å². The molecule has 6 nitrogen and oxygen atoms in total. The van der Waals surface area contributed by atoms with Gasteiger partial charge in [-0.2, -0.15) is 5.10 Å². The highest BCUT2D eigenvalue weighted by molar-refractivity contribution is 6.37. The van der Waals surface area contributed by atoms with Gasteiger partial charge in [0.15, 0.2) is 5.65 Å². The van der Waals surface area contributed by atoms with Crippen molar-refractivity contribution in [2.24, 2.45) is 0 Å². The number of halogens is 2. The first kappa shape index (κ1) is 17.3. The van der Waals surface area contributed by atoms with E-state index >= 15 is 0 Å². The molecule has 5 rings (SSSR count). The molecule has 140 valence electrons. The number of nitrogen functional groups attached to an aromatic ring is 1. The number of hydrogen-bond acceptors (Lipinski definition) is 5. The Hall–Kier alpha value is -2.83. The van der Waals surface area contributed by atoms with Gasteiger partial charge in [0, 0.05) is 5.56 Å². The Morgan fingerprint density at radius 3 is 2.46 bits per heavy atom. The summed E-state index contributed by atoms with van der Waals surface area (Å²) in [6.45, 7) is 0. The number of anilines is 1. The van der Waals surface area contributed by atoms with E-state index in [0.29, 0.717) is 33.1 Å². The number of fused-ring (bicyclic) bond motifs is 2. The van der Waals surface area contributed by atoms with Crippen LogP contribution < -0.4 is 5.73 Å². The lowest BCUT2D eigenvalue weighted by atomic mass is 10.1. The second-order valence-electron chi connectivity index (χ2n) is 6.86. The lowest BCUT2D eigenvalue weighted by Gasteiger charge is -2.10. The second kappa shape index (κ2) is 6.36. The van der Waals surface area contributed by atoms with E-state index in [1.165, 1.54) is 29.6 Å². The number of aromatic nitrogens is 4. The number of phenols is 1. The molecule has 28 heavy (non-hydrogen) atoms. The van der Waals surface area contributed by atoms with E-state index in [1.54, 1.807) is 0 Å². The molecule has 0 radical (unpaired) electrons. The molecule has 0 saturated carbocycles. The van der Waals surface area contributed by atoms with Gasteiger partial charge in [-0.05, 0) is 36.1 Å². The molecule has 0 fully saturated rings. The fraction of sp³-hybridized carbons (Fsp3) is 0.150. The lowest BCUT2D eigenvalue weighted by Crippen LogP contribution is -2.11. The van der Waals surface area contributed by atoms with Gasteiger partial charge in [-0.1, -0.05) is 47.5 Å². The molecule has 0 atom stereocenters. The maximum absolute atomic E-state index is 10.1. The number of hydrogen-bond donors (Lipinski definition) is 2. The van der Waals surface area contributed by atoms with Gasteiger partial charge in [-0.15, -0.1) is 0 Å². The molecular formula is C20H15Cl2N5O. The molecule has 4 aromatic rings. The highest BCUT2D eigenvalue weighted by atomic mass is 35.5. The largest absolute Gasteiger partial charge is 0.506 e. The van der Waals surface area contributed by atoms with Gasteiger partial charge in [0.2, 0.25) is 0 Å². The van der Waals surface area contributed by atoms with E-state index in [-0.39, 0.29) is 16.8 Å². The Bertz CT molecular complexity index is 1210. The van der Waals surface area contributed by atoms with Crippen LogP contribution >= 0.6 is 23.2 Å². The summed E-state index contributed by atoms with van der Waals surface area (Å²) in [5, 5.41) is 16.0. The average molecular weight is 412 g/mol. The van der Waals surface area contributed by atoms with E-state index in [2.05, 4.69) is 22.1 Å². The molecule has 3 N–H and O–H groups in total. The van der Waals surface area contributed by atoms with Gasteiger partial charge in [-0.3, -0.25) is 0 Å². The molecule has 0 spiro atoms. The van der Waals surface area contributed by atoms with Crippen molar-refractivity contribution in [3.8, 4) is 17.0 Å². The first-order valence-corrected chi connectivity index (χ1v) is 9.52. The summed E-state index contributed by atoms with van der Waals surface area (Å²) in [5.74, 6) is 0.236. The van der Waals surface area contributed by atoms with Gasteiger partial charge < -0.3 is 10.8 Å². The number of rotatable bonds is 2. The molecule has 8 heteroatoms. The number of nitrogens with zero attached hydrogens (tertiary/aromatic N) is 4.